The van der Waals surface area contributed by atoms with Crippen LogP contribution in [-0.2, 0) is 0 Å². The molecule has 0 radical (unpaired) electrons. The fourth-order valence-electron chi connectivity index (χ4n) is 2.13. The maximum Gasteiger partial charge on any atom is 0.256 e. The number of nitrogens with zero attached hydrogens (tertiary/aromatic N) is 1. The van der Waals surface area contributed by atoms with Gasteiger partial charge < -0.3 is 10.6 Å². The Hall–Kier alpha value is -1.16. The van der Waals surface area contributed by atoms with Gasteiger partial charge in [0.25, 0.3) is 5.91 Å². The second kappa shape index (κ2) is 5.65. The zero-order chi connectivity index (χ0) is 13.1. The van der Waals surface area contributed by atoms with Gasteiger partial charge in [0.15, 0.2) is 0 Å². The molecule has 4 heteroatoms. The standard InChI is InChI=1S/C14H20N2OS/c1-10(2)13-9-16(7-8-18-13)14(17)11-5-3-4-6-12(11)15/h3-6,10,13H,7-9,15H2,1-2H3. The third-order valence-electron chi connectivity index (χ3n) is 3.32. The number of anilines is 1. The Kier molecular flexibility index (Phi) is 4.17. The molecule has 1 atom stereocenters. The van der Waals surface area contributed by atoms with Gasteiger partial charge in [0.2, 0.25) is 0 Å². The summed E-state index contributed by atoms with van der Waals surface area (Å²) in [6.45, 7) is 6.07. The van der Waals surface area contributed by atoms with Crippen molar-refractivity contribution in [2.45, 2.75) is 19.1 Å². The van der Waals surface area contributed by atoms with Crippen LogP contribution in [0.5, 0.6) is 0 Å². The first-order chi connectivity index (χ1) is 8.59. The number of rotatable bonds is 2. The molecule has 0 bridgehead atoms. The van der Waals surface area contributed by atoms with Crippen molar-refractivity contribution in [2.24, 2.45) is 5.92 Å². The molecule has 1 amide bonds. The first-order valence-electron chi connectivity index (χ1n) is 6.35. The van der Waals surface area contributed by atoms with Crippen LogP contribution in [0.3, 0.4) is 0 Å². The van der Waals surface area contributed by atoms with Crippen LogP contribution in [0.25, 0.3) is 0 Å². The molecule has 2 rings (SSSR count). The van der Waals surface area contributed by atoms with Gasteiger partial charge >= 0.3 is 0 Å². The van der Waals surface area contributed by atoms with E-state index < -0.39 is 0 Å². The molecule has 1 heterocycles. The lowest BCUT2D eigenvalue weighted by Crippen LogP contribution is -2.43. The minimum absolute atomic E-state index is 0.0686. The Bertz CT molecular complexity index is 434. The topological polar surface area (TPSA) is 46.3 Å². The maximum absolute atomic E-state index is 12.4. The molecule has 0 aromatic heterocycles. The van der Waals surface area contributed by atoms with Gasteiger partial charge in [0.05, 0.1) is 5.56 Å². The Morgan fingerprint density at radius 3 is 2.83 bits per heavy atom. The summed E-state index contributed by atoms with van der Waals surface area (Å²) in [5, 5.41) is 0.535. The summed E-state index contributed by atoms with van der Waals surface area (Å²) in [5.74, 6) is 1.68. The van der Waals surface area contributed by atoms with Crippen molar-refractivity contribution in [1.29, 1.82) is 0 Å². The van der Waals surface area contributed by atoms with Crippen molar-refractivity contribution in [3.05, 3.63) is 29.8 Å². The lowest BCUT2D eigenvalue weighted by molar-refractivity contribution is 0.0757. The summed E-state index contributed by atoms with van der Waals surface area (Å²) in [6, 6.07) is 7.31. The van der Waals surface area contributed by atoms with E-state index in [4.69, 9.17) is 5.73 Å². The largest absolute Gasteiger partial charge is 0.398 e. The summed E-state index contributed by atoms with van der Waals surface area (Å²) in [6.07, 6.45) is 0. The quantitative estimate of drug-likeness (QED) is 0.835. The van der Waals surface area contributed by atoms with E-state index in [-0.39, 0.29) is 5.91 Å². The van der Waals surface area contributed by atoms with Crippen LogP contribution in [0.4, 0.5) is 5.69 Å². The van der Waals surface area contributed by atoms with Crippen LogP contribution in [0.2, 0.25) is 0 Å². The van der Waals surface area contributed by atoms with Gasteiger partial charge in [-0.1, -0.05) is 26.0 Å². The van der Waals surface area contributed by atoms with Gasteiger partial charge in [0, 0.05) is 29.8 Å². The van der Waals surface area contributed by atoms with Crippen molar-refractivity contribution in [3.63, 3.8) is 0 Å². The van der Waals surface area contributed by atoms with Crippen LogP contribution in [0, 0.1) is 5.92 Å². The Balaban J connectivity index is 2.12. The predicted octanol–water partition coefficient (Wildman–Crippen LogP) is 2.48. The van der Waals surface area contributed by atoms with Crippen molar-refractivity contribution < 1.29 is 4.79 Å². The Morgan fingerprint density at radius 2 is 2.17 bits per heavy atom. The zero-order valence-corrected chi connectivity index (χ0v) is 11.7. The average Bonchev–Trinajstić information content (AvgIpc) is 2.38. The van der Waals surface area contributed by atoms with Gasteiger partial charge in [-0.25, -0.2) is 0 Å². The number of benzene rings is 1. The number of thioether (sulfide) groups is 1. The molecule has 1 aromatic rings. The zero-order valence-electron chi connectivity index (χ0n) is 10.9. The first kappa shape index (κ1) is 13.3. The van der Waals surface area contributed by atoms with Crippen molar-refractivity contribution in [2.75, 3.05) is 24.6 Å². The van der Waals surface area contributed by atoms with E-state index in [0.29, 0.717) is 22.4 Å². The lowest BCUT2D eigenvalue weighted by Gasteiger charge is -2.34. The van der Waals surface area contributed by atoms with E-state index in [1.165, 1.54) is 0 Å². The molecule has 1 aliphatic heterocycles. The molecular weight excluding hydrogens is 244 g/mol. The van der Waals surface area contributed by atoms with Crippen LogP contribution in [0.1, 0.15) is 24.2 Å². The van der Waals surface area contributed by atoms with Crippen LogP contribution < -0.4 is 5.73 Å². The fourth-order valence-corrected chi connectivity index (χ4v) is 3.42. The second-order valence-corrected chi connectivity index (χ2v) is 6.34. The molecule has 1 aromatic carbocycles. The van der Waals surface area contributed by atoms with E-state index in [1.54, 1.807) is 6.07 Å². The van der Waals surface area contributed by atoms with Crippen LogP contribution in [-0.4, -0.2) is 34.9 Å². The summed E-state index contributed by atoms with van der Waals surface area (Å²) >= 11 is 1.97. The van der Waals surface area contributed by atoms with Crippen molar-refractivity contribution >= 4 is 23.4 Å². The molecule has 98 valence electrons. The number of para-hydroxylation sites is 1. The van der Waals surface area contributed by atoms with Gasteiger partial charge in [-0.2, -0.15) is 11.8 Å². The van der Waals surface area contributed by atoms with Gasteiger partial charge in [-0.15, -0.1) is 0 Å². The average molecular weight is 264 g/mol. The summed E-state index contributed by atoms with van der Waals surface area (Å²) in [4.78, 5) is 14.4. The third kappa shape index (κ3) is 2.80. The van der Waals surface area contributed by atoms with Crippen LogP contribution in [0.15, 0.2) is 24.3 Å². The maximum atomic E-state index is 12.4. The Labute approximate surface area is 113 Å². The monoisotopic (exact) mass is 264 g/mol. The molecule has 1 aliphatic rings. The highest BCUT2D eigenvalue weighted by Crippen LogP contribution is 2.26. The molecule has 18 heavy (non-hydrogen) atoms. The molecule has 3 nitrogen and oxygen atoms in total. The van der Waals surface area contributed by atoms with Gasteiger partial charge in [0.1, 0.15) is 0 Å². The normalized spacial score (nSPS) is 20.2. The highest BCUT2D eigenvalue weighted by atomic mass is 32.2. The SMILES string of the molecule is CC(C)C1CN(C(=O)c2ccccc2N)CCS1. The molecule has 1 saturated heterocycles. The number of carbonyl (C=O) groups is 1. The molecular formula is C14H20N2OS. The molecule has 2 N–H and O–H groups in total. The highest BCUT2D eigenvalue weighted by Gasteiger charge is 2.27. The fraction of sp³-hybridized carbons (Fsp3) is 0.500. The molecule has 1 fully saturated rings. The van der Waals surface area contributed by atoms with E-state index in [9.17, 15) is 4.79 Å². The summed E-state index contributed by atoms with van der Waals surface area (Å²) in [7, 11) is 0. The molecule has 0 spiro atoms. The van der Waals surface area contributed by atoms with E-state index in [0.717, 1.165) is 18.8 Å². The number of hydrogen-bond donors (Lipinski definition) is 1. The Morgan fingerprint density at radius 1 is 1.44 bits per heavy atom. The molecule has 0 aliphatic carbocycles. The minimum atomic E-state index is 0.0686. The summed E-state index contributed by atoms with van der Waals surface area (Å²) in [5.41, 5.74) is 7.07. The number of hydrogen-bond acceptors (Lipinski definition) is 3. The van der Waals surface area contributed by atoms with Crippen molar-refractivity contribution in [1.82, 2.24) is 4.90 Å². The number of carbonyl (C=O) groups excluding carboxylic acids is 1. The number of nitrogens with two attached hydrogens (primary N) is 1. The summed E-state index contributed by atoms with van der Waals surface area (Å²) < 4.78 is 0. The molecule has 1 unspecified atom stereocenters. The van der Waals surface area contributed by atoms with E-state index >= 15 is 0 Å². The first-order valence-corrected chi connectivity index (χ1v) is 7.40. The van der Waals surface area contributed by atoms with E-state index in [1.807, 2.05) is 34.9 Å². The second-order valence-electron chi connectivity index (χ2n) is 4.99. The highest BCUT2D eigenvalue weighted by molar-refractivity contribution is 8.00. The number of amides is 1. The minimum Gasteiger partial charge on any atom is -0.398 e. The number of nitrogen functional groups attached to an aromatic ring is 1. The predicted molar refractivity (Wildman–Crippen MR) is 77.8 cm³/mol. The van der Waals surface area contributed by atoms with Gasteiger partial charge in [-0.3, -0.25) is 4.79 Å². The third-order valence-corrected chi connectivity index (χ3v) is 4.86. The lowest BCUT2D eigenvalue weighted by atomic mass is 10.1. The van der Waals surface area contributed by atoms with Crippen LogP contribution >= 0.6 is 11.8 Å². The van der Waals surface area contributed by atoms with E-state index in [2.05, 4.69) is 13.8 Å². The molecule has 0 saturated carbocycles. The smallest absolute Gasteiger partial charge is 0.256 e. The van der Waals surface area contributed by atoms with Crippen molar-refractivity contribution in [3.8, 4) is 0 Å². The van der Waals surface area contributed by atoms with Gasteiger partial charge in [-0.05, 0) is 18.1 Å².